The third-order valence-electron chi connectivity index (χ3n) is 3.24. The smallest absolute Gasteiger partial charge is 0.131 e. The summed E-state index contributed by atoms with van der Waals surface area (Å²) >= 11 is 0. The van der Waals surface area contributed by atoms with Gasteiger partial charge in [-0.15, -0.1) is 0 Å². The molecule has 0 atom stereocenters. The van der Waals surface area contributed by atoms with Crippen molar-refractivity contribution in [1.82, 2.24) is 9.97 Å². The van der Waals surface area contributed by atoms with Crippen molar-refractivity contribution in [3.05, 3.63) is 36.2 Å². The minimum atomic E-state index is 0.423. The number of aryl methyl sites for hydroxylation is 1. The van der Waals surface area contributed by atoms with Crippen molar-refractivity contribution < 1.29 is 4.74 Å². The van der Waals surface area contributed by atoms with E-state index in [-0.39, 0.29) is 0 Å². The van der Waals surface area contributed by atoms with Gasteiger partial charge in [0, 0.05) is 18.1 Å². The van der Waals surface area contributed by atoms with Crippen LogP contribution in [0.25, 0.3) is 11.3 Å². The summed E-state index contributed by atoms with van der Waals surface area (Å²) in [5, 5.41) is 0. The van der Waals surface area contributed by atoms with Crippen molar-refractivity contribution in [1.29, 1.82) is 0 Å². The van der Waals surface area contributed by atoms with E-state index in [1.54, 1.807) is 0 Å². The summed E-state index contributed by atoms with van der Waals surface area (Å²) in [4.78, 5) is 8.82. The van der Waals surface area contributed by atoms with Gasteiger partial charge in [0.25, 0.3) is 0 Å². The number of hydrogen-bond acceptors (Lipinski definition) is 4. The normalized spacial score (nSPS) is 14.2. The Hall–Kier alpha value is -2.10. The van der Waals surface area contributed by atoms with Crippen molar-refractivity contribution in [3.63, 3.8) is 0 Å². The second-order valence-electron chi connectivity index (χ2n) is 5.19. The van der Waals surface area contributed by atoms with Crippen LogP contribution in [0.3, 0.4) is 0 Å². The number of anilines is 1. The molecule has 0 unspecified atom stereocenters. The van der Waals surface area contributed by atoms with Crippen LogP contribution in [0, 0.1) is 0 Å². The first-order valence-electron chi connectivity index (χ1n) is 7.15. The van der Waals surface area contributed by atoms with Gasteiger partial charge >= 0.3 is 0 Å². The molecule has 104 valence electrons. The van der Waals surface area contributed by atoms with Gasteiger partial charge in [0.2, 0.25) is 0 Å². The summed E-state index contributed by atoms with van der Waals surface area (Å²) in [5.41, 5.74) is 7.77. The highest BCUT2D eigenvalue weighted by Crippen LogP contribution is 2.28. The third-order valence-corrected chi connectivity index (χ3v) is 3.24. The molecule has 1 aliphatic carbocycles. The summed E-state index contributed by atoms with van der Waals surface area (Å²) in [6.45, 7) is 2.11. The van der Waals surface area contributed by atoms with Crippen LogP contribution in [0.5, 0.6) is 5.75 Å². The number of aromatic nitrogens is 2. The zero-order valence-corrected chi connectivity index (χ0v) is 11.7. The summed E-state index contributed by atoms with van der Waals surface area (Å²) in [5.74, 6) is 2.25. The van der Waals surface area contributed by atoms with Crippen LogP contribution < -0.4 is 10.5 Å². The van der Waals surface area contributed by atoms with Gasteiger partial charge in [-0.3, -0.25) is 0 Å². The number of benzene rings is 1. The van der Waals surface area contributed by atoms with Gasteiger partial charge in [0.1, 0.15) is 17.4 Å². The first-order chi connectivity index (χ1) is 9.74. The van der Waals surface area contributed by atoms with Gasteiger partial charge in [0.05, 0.1) is 11.8 Å². The van der Waals surface area contributed by atoms with Crippen molar-refractivity contribution in [3.8, 4) is 17.0 Å². The maximum absolute atomic E-state index is 5.86. The van der Waals surface area contributed by atoms with Gasteiger partial charge in [-0.25, -0.2) is 9.97 Å². The lowest BCUT2D eigenvalue weighted by atomic mass is 10.1. The predicted molar refractivity (Wildman–Crippen MR) is 79.5 cm³/mol. The molecule has 0 radical (unpaired) electrons. The van der Waals surface area contributed by atoms with E-state index in [9.17, 15) is 0 Å². The Morgan fingerprint density at radius 2 is 1.95 bits per heavy atom. The molecule has 0 aliphatic heterocycles. The quantitative estimate of drug-likeness (QED) is 0.905. The van der Waals surface area contributed by atoms with Crippen LogP contribution in [0.15, 0.2) is 30.3 Å². The number of hydrogen-bond donors (Lipinski definition) is 1. The van der Waals surface area contributed by atoms with Crippen LogP contribution >= 0.6 is 0 Å². The summed E-state index contributed by atoms with van der Waals surface area (Å²) in [6.07, 6.45) is 4.62. The minimum absolute atomic E-state index is 0.423. The van der Waals surface area contributed by atoms with E-state index >= 15 is 0 Å². The molecule has 1 aromatic carbocycles. The van der Waals surface area contributed by atoms with E-state index < -0.39 is 0 Å². The van der Waals surface area contributed by atoms with E-state index in [4.69, 9.17) is 10.5 Å². The van der Waals surface area contributed by atoms with Crippen LogP contribution in [0.1, 0.15) is 32.0 Å². The first kappa shape index (κ1) is 12.9. The van der Waals surface area contributed by atoms with Crippen LogP contribution in [-0.4, -0.2) is 16.1 Å². The van der Waals surface area contributed by atoms with E-state index in [2.05, 4.69) is 16.9 Å². The molecule has 2 aromatic rings. The Morgan fingerprint density at radius 3 is 2.60 bits per heavy atom. The Bertz CT molecular complexity index is 591. The van der Waals surface area contributed by atoms with Crippen molar-refractivity contribution in [2.75, 3.05) is 5.73 Å². The third kappa shape index (κ3) is 3.07. The Balaban J connectivity index is 1.83. The topological polar surface area (TPSA) is 61.0 Å². The lowest BCUT2D eigenvalue weighted by molar-refractivity contribution is 0.303. The molecule has 3 rings (SSSR count). The largest absolute Gasteiger partial charge is 0.490 e. The molecular formula is C16H19N3O. The van der Waals surface area contributed by atoms with Crippen molar-refractivity contribution in [2.45, 2.75) is 38.7 Å². The van der Waals surface area contributed by atoms with Crippen LogP contribution in [-0.2, 0) is 6.42 Å². The molecule has 0 saturated heterocycles. The molecule has 0 amide bonds. The van der Waals surface area contributed by atoms with Crippen LogP contribution in [0.4, 0.5) is 5.82 Å². The fourth-order valence-electron chi connectivity index (χ4n) is 2.08. The first-order valence-corrected chi connectivity index (χ1v) is 7.15. The van der Waals surface area contributed by atoms with Gasteiger partial charge in [0.15, 0.2) is 0 Å². The Kier molecular flexibility index (Phi) is 3.54. The fraction of sp³-hybridized carbons (Fsp3) is 0.375. The molecule has 1 heterocycles. The molecule has 20 heavy (non-hydrogen) atoms. The summed E-state index contributed by atoms with van der Waals surface area (Å²) in [7, 11) is 0. The molecule has 4 heteroatoms. The molecule has 1 aliphatic rings. The maximum atomic E-state index is 5.86. The number of rotatable bonds is 5. The SMILES string of the molecule is CCCc1nc(N)cc(-c2ccc(OC3CC3)cc2)n1. The average Bonchev–Trinajstić information content (AvgIpc) is 3.23. The Labute approximate surface area is 119 Å². The highest BCUT2D eigenvalue weighted by molar-refractivity contribution is 5.62. The zero-order chi connectivity index (χ0) is 13.9. The maximum Gasteiger partial charge on any atom is 0.131 e. The number of ether oxygens (including phenoxy) is 1. The summed E-state index contributed by atoms with van der Waals surface area (Å²) < 4.78 is 5.74. The van der Waals surface area contributed by atoms with Gasteiger partial charge in [-0.05, 0) is 43.5 Å². The second-order valence-corrected chi connectivity index (χ2v) is 5.19. The van der Waals surface area contributed by atoms with E-state index in [0.29, 0.717) is 11.9 Å². The van der Waals surface area contributed by atoms with Crippen molar-refractivity contribution in [2.24, 2.45) is 0 Å². The van der Waals surface area contributed by atoms with E-state index in [0.717, 1.165) is 35.7 Å². The lowest BCUT2D eigenvalue weighted by Gasteiger charge is -2.07. The standard InChI is InChI=1S/C16H19N3O/c1-2-3-16-18-14(10-15(17)19-16)11-4-6-12(7-5-11)20-13-8-9-13/h4-7,10,13H,2-3,8-9H2,1H3,(H2,17,18,19). The van der Waals surface area contributed by atoms with Gasteiger partial charge < -0.3 is 10.5 Å². The minimum Gasteiger partial charge on any atom is -0.490 e. The summed E-state index contributed by atoms with van der Waals surface area (Å²) in [6, 6.07) is 9.84. The molecule has 2 N–H and O–H groups in total. The second kappa shape index (κ2) is 5.49. The Morgan fingerprint density at radius 1 is 1.20 bits per heavy atom. The number of nitrogen functional groups attached to an aromatic ring is 1. The van der Waals surface area contributed by atoms with Crippen molar-refractivity contribution >= 4 is 5.82 Å². The lowest BCUT2D eigenvalue weighted by Crippen LogP contribution is -2.01. The molecule has 0 spiro atoms. The average molecular weight is 269 g/mol. The number of nitrogens with two attached hydrogens (primary N) is 1. The van der Waals surface area contributed by atoms with Gasteiger partial charge in [-0.2, -0.15) is 0 Å². The zero-order valence-electron chi connectivity index (χ0n) is 11.7. The molecule has 4 nitrogen and oxygen atoms in total. The molecule has 1 aromatic heterocycles. The molecule has 1 saturated carbocycles. The monoisotopic (exact) mass is 269 g/mol. The highest BCUT2D eigenvalue weighted by Gasteiger charge is 2.23. The van der Waals surface area contributed by atoms with E-state index in [1.807, 2.05) is 30.3 Å². The van der Waals surface area contributed by atoms with Gasteiger partial charge in [-0.1, -0.05) is 6.92 Å². The fourth-order valence-corrected chi connectivity index (χ4v) is 2.08. The number of nitrogens with zero attached hydrogens (tertiary/aromatic N) is 2. The highest BCUT2D eigenvalue weighted by atomic mass is 16.5. The molecule has 1 fully saturated rings. The van der Waals surface area contributed by atoms with Crippen LogP contribution in [0.2, 0.25) is 0 Å². The predicted octanol–water partition coefficient (Wildman–Crippen LogP) is 3.22. The molecular weight excluding hydrogens is 250 g/mol. The van der Waals surface area contributed by atoms with E-state index in [1.165, 1.54) is 12.8 Å². The molecule has 0 bridgehead atoms.